The Morgan fingerprint density at radius 3 is 2.32 bits per heavy atom. The zero-order chi connectivity index (χ0) is 18.6. The van der Waals surface area contributed by atoms with Crippen molar-refractivity contribution in [2.45, 2.75) is 11.8 Å². The van der Waals surface area contributed by atoms with Crippen molar-refractivity contribution in [1.29, 1.82) is 0 Å². The Bertz CT molecular complexity index is 790. The molecule has 0 saturated heterocycles. The molecule has 0 spiro atoms. The number of hydrogen-bond donors (Lipinski definition) is 5. The van der Waals surface area contributed by atoms with E-state index < -0.39 is 35.1 Å². The van der Waals surface area contributed by atoms with Gasteiger partial charge < -0.3 is 24.6 Å². The van der Waals surface area contributed by atoms with Crippen molar-refractivity contribution >= 4 is 28.4 Å². The van der Waals surface area contributed by atoms with Crippen LogP contribution in [0.25, 0.3) is 0 Å². The predicted molar refractivity (Wildman–Crippen MR) is 91.9 cm³/mol. The number of carbonyl (C=O) groups is 2. The summed E-state index contributed by atoms with van der Waals surface area (Å²) in [5, 5.41) is 20.7. The summed E-state index contributed by atoms with van der Waals surface area (Å²) >= 11 is 0. The van der Waals surface area contributed by atoms with Crippen LogP contribution < -0.4 is 5.32 Å². The molecule has 0 aliphatic rings. The average Bonchev–Trinajstić information content (AvgIpc) is 2.53. The molecule has 0 heterocycles. The van der Waals surface area contributed by atoms with Crippen LogP contribution in [0.5, 0.6) is 5.75 Å². The fourth-order valence-corrected chi connectivity index (χ4v) is 2.80. The monoisotopic (exact) mass is 367 g/mol. The van der Waals surface area contributed by atoms with Crippen LogP contribution in [0.15, 0.2) is 47.4 Å². The lowest BCUT2D eigenvalue weighted by Gasteiger charge is -2.26. The van der Waals surface area contributed by atoms with Crippen molar-refractivity contribution in [1.82, 2.24) is 0 Å². The van der Waals surface area contributed by atoms with Gasteiger partial charge in [-0.15, -0.1) is 0 Å². The summed E-state index contributed by atoms with van der Waals surface area (Å²) in [6, 6.07) is 9.84. The minimum Gasteiger partial charge on any atom is -0.507 e. The van der Waals surface area contributed by atoms with Crippen LogP contribution in [-0.2, 0) is 8.98 Å². The van der Waals surface area contributed by atoms with Crippen LogP contribution in [0.4, 0.5) is 5.69 Å². The van der Waals surface area contributed by atoms with Crippen molar-refractivity contribution in [3.8, 4) is 5.75 Å². The van der Waals surface area contributed by atoms with Crippen LogP contribution >= 0.6 is 10.9 Å². The minimum absolute atomic E-state index is 0.142. The van der Waals surface area contributed by atoms with E-state index in [2.05, 4.69) is 5.32 Å². The molecule has 2 aromatic carbocycles. The normalized spacial score (nSPS) is 11.8. The van der Waals surface area contributed by atoms with E-state index in [1.54, 1.807) is 12.1 Å². The molecule has 8 nitrogen and oxygen atoms in total. The van der Waals surface area contributed by atoms with Gasteiger partial charge in [-0.05, 0) is 31.2 Å². The first-order valence-corrected chi connectivity index (χ1v) is 8.51. The molecular formula is C16H17NO7S. The van der Waals surface area contributed by atoms with Crippen molar-refractivity contribution < 1.29 is 33.1 Å². The molecule has 2 rings (SSSR count). The number of amides is 1. The third-order valence-corrected chi connectivity index (χ3v) is 4.53. The van der Waals surface area contributed by atoms with E-state index in [0.29, 0.717) is 0 Å². The number of anilines is 1. The van der Waals surface area contributed by atoms with E-state index in [9.17, 15) is 23.8 Å². The Labute approximate surface area is 145 Å². The Balaban J connectivity index is 1.97. The van der Waals surface area contributed by atoms with Gasteiger partial charge in [-0.3, -0.25) is 8.98 Å². The van der Waals surface area contributed by atoms with Gasteiger partial charge in [-0.1, -0.05) is 17.7 Å². The standard InChI is InChI=1S/C16H17NO7S/c1-10-2-5-12(6-3-10)25(22,23)24-9-15(19)17-11-4-7-13(16(20)21)14(18)8-11/h2-8,18,22-23H,9H2,1H3,(H,17,19)(H,20,21). The van der Waals surface area contributed by atoms with Crippen molar-refractivity contribution in [2.75, 3.05) is 11.9 Å². The van der Waals surface area contributed by atoms with Crippen LogP contribution in [0.3, 0.4) is 0 Å². The topological polar surface area (TPSA) is 136 Å². The predicted octanol–water partition coefficient (Wildman–Crippen LogP) is 3.08. The summed E-state index contributed by atoms with van der Waals surface area (Å²) in [5.74, 6) is -2.50. The number of aryl methyl sites for hydroxylation is 1. The number of hydrogen-bond acceptors (Lipinski definition) is 6. The molecule has 25 heavy (non-hydrogen) atoms. The van der Waals surface area contributed by atoms with Gasteiger partial charge in [0.1, 0.15) is 28.8 Å². The Hall–Kier alpha value is -2.59. The maximum absolute atomic E-state index is 11.8. The minimum atomic E-state index is -3.58. The molecule has 0 bridgehead atoms. The van der Waals surface area contributed by atoms with Gasteiger partial charge in [0.25, 0.3) is 5.91 Å². The summed E-state index contributed by atoms with van der Waals surface area (Å²) in [4.78, 5) is 22.8. The number of aromatic hydroxyl groups is 1. The van der Waals surface area contributed by atoms with Gasteiger partial charge in [-0.25, -0.2) is 4.79 Å². The molecule has 0 aromatic heterocycles. The zero-order valence-corrected chi connectivity index (χ0v) is 14.0. The molecule has 0 radical (unpaired) electrons. The van der Waals surface area contributed by atoms with E-state index in [4.69, 9.17) is 9.29 Å². The molecule has 0 atom stereocenters. The van der Waals surface area contributed by atoms with Crippen LogP contribution in [0, 0.1) is 6.92 Å². The molecule has 0 aliphatic heterocycles. The molecular weight excluding hydrogens is 350 g/mol. The van der Waals surface area contributed by atoms with Crippen LogP contribution in [0.1, 0.15) is 15.9 Å². The largest absolute Gasteiger partial charge is 0.507 e. The molecule has 0 unspecified atom stereocenters. The van der Waals surface area contributed by atoms with Crippen molar-refractivity contribution in [2.24, 2.45) is 0 Å². The first-order chi connectivity index (χ1) is 11.7. The molecule has 1 amide bonds. The third-order valence-electron chi connectivity index (χ3n) is 3.19. The molecule has 0 aliphatic carbocycles. The van der Waals surface area contributed by atoms with E-state index in [-0.39, 0.29) is 16.1 Å². The molecule has 0 saturated carbocycles. The van der Waals surface area contributed by atoms with E-state index >= 15 is 0 Å². The van der Waals surface area contributed by atoms with E-state index in [1.165, 1.54) is 18.2 Å². The van der Waals surface area contributed by atoms with Gasteiger partial charge in [0.2, 0.25) is 0 Å². The smallest absolute Gasteiger partial charge is 0.339 e. The van der Waals surface area contributed by atoms with E-state index in [0.717, 1.165) is 17.7 Å². The van der Waals surface area contributed by atoms with Gasteiger partial charge in [0.05, 0.1) is 4.90 Å². The Kier molecular flexibility index (Phi) is 5.65. The highest BCUT2D eigenvalue weighted by Gasteiger charge is 2.22. The SMILES string of the molecule is Cc1ccc(S(O)(O)OCC(=O)Nc2ccc(C(=O)O)c(O)c2)cc1. The second-order valence-corrected chi connectivity index (χ2v) is 6.86. The molecule has 134 valence electrons. The lowest BCUT2D eigenvalue weighted by molar-refractivity contribution is -0.118. The quantitative estimate of drug-likeness (QED) is 0.529. The summed E-state index contributed by atoms with van der Waals surface area (Å²) in [6.45, 7) is 1.20. The van der Waals surface area contributed by atoms with Crippen LogP contribution in [0.2, 0.25) is 0 Å². The number of benzene rings is 2. The highest BCUT2D eigenvalue weighted by Crippen LogP contribution is 2.48. The number of carboxylic acid groups (broad SMARTS) is 1. The second kappa shape index (κ2) is 7.53. The lowest BCUT2D eigenvalue weighted by Crippen LogP contribution is -2.20. The number of carbonyl (C=O) groups excluding carboxylic acids is 1. The first-order valence-electron chi connectivity index (χ1n) is 7.04. The molecule has 2 aromatic rings. The van der Waals surface area contributed by atoms with Gasteiger partial charge >= 0.3 is 5.97 Å². The van der Waals surface area contributed by atoms with Gasteiger partial charge in [0.15, 0.2) is 0 Å². The second-order valence-electron chi connectivity index (χ2n) is 5.16. The fourth-order valence-electron chi connectivity index (χ4n) is 1.91. The maximum Gasteiger partial charge on any atom is 0.339 e. The highest BCUT2D eigenvalue weighted by molar-refractivity contribution is 8.20. The van der Waals surface area contributed by atoms with Crippen molar-refractivity contribution in [3.05, 3.63) is 53.6 Å². The van der Waals surface area contributed by atoms with Crippen LogP contribution in [-0.4, -0.2) is 37.8 Å². The average molecular weight is 367 g/mol. The Morgan fingerprint density at radius 2 is 1.76 bits per heavy atom. The number of aromatic carboxylic acids is 1. The molecule has 9 heteroatoms. The Morgan fingerprint density at radius 1 is 1.12 bits per heavy atom. The number of nitrogens with one attached hydrogen (secondary N) is 1. The number of phenols is 1. The molecule has 5 N–H and O–H groups in total. The lowest BCUT2D eigenvalue weighted by atomic mass is 10.2. The summed E-state index contributed by atoms with van der Waals surface area (Å²) in [6.07, 6.45) is 0. The summed E-state index contributed by atoms with van der Waals surface area (Å²) in [5.41, 5.74) is 0.770. The maximum atomic E-state index is 11.8. The van der Waals surface area contributed by atoms with Crippen molar-refractivity contribution in [3.63, 3.8) is 0 Å². The third kappa shape index (κ3) is 4.94. The zero-order valence-electron chi connectivity index (χ0n) is 13.2. The summed E-state index contributed by atoms with van der Waals surface area (Å²) < 4.78 is 24.8. The van der Waals surface area contributed by atoms with Gasteiger partial charge in [0, 0.05) is 11.8 Å². The van der Waals surface area contributed by atoms with Gasteiger partial charge in [-0.2, -0.15) is 0 Å². The molecule has 0 fully saturated rings. The highest BCUT2D eigenvalue weighted by atomic mass is 32.3. The first kappa shape index (κ1) is 18.7. The fraction of sp³-hybridized carbons (Fsp3) is 0.125. The van der Waals surface area contributed by atoms with E-state index in [1.807, 2.05) is 6.92 Å². The summed E-state index contributed by atoms with van der Waals surface area (Å²) in [7, 11) is -3.58. The number of rotatable bonds is 6. The number of carboxylic acids is 1.